The fourth-order valence-corrected chi connectivity index (χ4v) is 5.79. The Kier molecular flexibility index (Phi) is 13.7. The van der Waals surface area contributed by atoms with Crippen molar-refractivity contribution < 1.29 is 53.0 Å². The number of alkyl carbamates (subject to hydrolysis) is 1. The van der Waals surface area contributed by atoms with Crippen molar-refractivity contribution in [3.8, 4) is 0 Å². The minimum atomic E-state index is -1.75. The molecule has 258 valence electrons. The average molecular weight is 661 g/mol. The maximum absolute atomic E-state index is 13.2. The van der Waals surface area contributed by atoms with Gasteiger partial charge in [-0.1, -0.05) is 50.6 Å². The SMILES string of the molecule is COC(=O)CC1CCCC2CC(=O)N(OC(NC(=O)C(C)NC(=O)C(NC(=O)OCc3ccccc3)C(C)C)C(=O)CCC(=O)O)C12. The number of ketones is 1. The van der Waals surface area contributed by atoms with E-state index < -0.39 is 84.6 Å². The summed E-state index contributed by atoms with van der Waals surface area (Å²) in [4.78, 5) is 94.0. The van der Waals surface area contributed by atoms with Crippen LogP contribution in [0.4, 0.5) is 4.79 Å². The van der Waals surface area contributed by atoms with Crippen molar-refractivity contribution in [2.45, 2.75) is 96.7 Å². The Morgan fingerprint density at radius 1 is 0.957 bits per heavy atom. The van der Waals surface area contributed by atoms with Gasteiger partial charge in [-0.3, -0.25) is 28.8 Å². The molecule has 4 N–H and O–H groups in total. The summed E-state index contributed by atoms with van der Waals surface area (Å²) in [6, 6.07) is 6.08. The second-order valence-corrected chi connectivity index (χ2v) is 12.2. The summed E-state index contributed by atoms with van der Waals surface area (Å²) in [7, 11) is 1.26. The topological polar surface area (TPSA) is 207 Å². The third-order valence-electron chi connectivity index (χ3n) is 8.28. The van der Waals surface area contributed by atoms with Gasteiger partial charge >= 0.3 is 18.0 Å². The van der Waals surface area contributed by atoms with E-state index in [4.69, 9.17) is 19.4 Å². The number of carbonyl (C=O) groups excluding carboxylic acids is 6. The van der Waals surface area contributed by atoms with E-state index >= 15 is 0 Å². The number of rotatable bonds is 16. The molecule has 1 aliphatic carbocycles. The zero-order valence-electron chi connectivity index (χ0n) is 27.1. The van der Waals surface area contributed by atoms with E-state index in [1.807, 2.05) is 6.07 Å². The number of hydrogen-bond donors (Lipinski definition) is 4. The molecule has 2 fully saturated rings. The van der Waals surface area contributed by atoms with E-state index in [2.05, 4.69) is 16.0 Å². The lowest BCUT2D eigenvalue weighted by molar-refractivity contribution is -0.226. The molecule has 47 heavy (non-hydrogen) atoms. The van der Waals surface area contributed by atoms with Crippen molar-refractivity contribution in [1.82, 2.24) is 21.0 Å². The number of methoxy groups -OCH3 is 1. The van der Waals surface area contributed by atoms with Gasteiger partial charge in [0.05, 0.1) is 26.0 Å². The van der Waals surface area contributed by atoms with E-state index in [1.165, 1.54) is 14.0 Å². The highest BCUT2D eigenvalue weighted by Crippen LogP contribution is 2.42. The van der Waals surface area contributed by atoms with E-state index in [9.17, 15) is 33.6 Å². The first-order valence-corrected chi connectivity index (χ1v) is 15.7. The zero-order chi connectivity index (χ0) is 34.7. The molecular weight excluding hydrogens is 616 g/mol. The third-order valence-corrected chi connectivity index (χ3v) is 8.28. The summed E-state index contributed by atoms with van der Waals surface area (Å²) in [5.74, 6) is -5.36. The standard InChI is InChI=1S/C32H44N4O11/c1-18(2)27(34-32(44)46-17-20-9-6-5-7-10-20)30(43)33-19(3)29(42)35-31(23(37)13-14-25(39)40)47-36-24(38)15-21-11-8-12-22(28(21)36)16-26(41)45-4/h5-7,9-10,18-19,21-22,27-28,31H,8,11-17H2,1-4H3,(H,33,43)(H,34,44)(H,35,42)(H,39,40). The zero-order valence-corrected chi connectivity index (χ0v) is 27.1. The largest absolute Gasteiger partial charge is 0.481 e. The van der Waals surface area contributed by atoms with E-state index in [0.29, 0.717) is 12.8 Å². The van der Waals surface area contributed by atoms with Crippen LogP contribution in [0.3, 0.4) is 0 Å². The lowest BCUT2D eigenvalue weighted by atomic mass is 9.76. The maximum atomic E-state index is 13.2. The number of fused-ring (bicyclic) bond motifs is 1. The third kappa shape index (κ3) is 10.8. The van der Waals surface area contributed by atoms with Gasteiger partial charge in [0, 0.05) is 12.8 Å². The Bertz CT molecular complexity index is 1300. The number of aliphatic carboxylic acids is 1. The number of hydroxylamine groups is 2. The van der Waals surface area contributed by atoms with Crippen LogP contribution in [-0.2, 0) is 49.7 Å². The summed E-state index contributed by atoms with van der Waals surface area (Å²) >= 11 is 0. The van der Waals surface area contributed by atoms with Crippen LogP contribution in [0.15, 0.2) is 30.3 Å². The lowest BCUT2D eigenvalue weighted by Crippen LogP contribution is -2.57. The van der Waals surface area contributed by atoms with Crippen LogP contribution < -0.4 is 16.0 Å². The van der Waals surface area contributed by atoms with Gasteiger partial charge in [-0.2, -0.15) is 0 Å². The van der Waals surface area contributed by atoms with E-state index in [1.54, 1.807) is 38.1 Å². The molecule has 0 spiro atoms. The summed E-state index contributed by atoms with van der Waals surface area (Å²) in [5, 5.41) is 17.5. The molecule has 1 aliphatic heterocycles. The quantitative estimate of drug-likeness (QED) is 0.149. The molecule has 0 bridgehead atoms. The van der Waals surface area contributed by atoms with Gasteiger partial charge in [-0.15, -0.1) is 0 Å². The number of Topliss-reactive ketones (excluding diaryl/α,β-unsaturated/α-hetero) is 1. The van der Waals surface area contributed by atoms with Crippen molar-refractivity contribution in [3.05, 3.63) is 35.9 Å². The Hall–Kier alpha value is -4.53. The van der Waals surface area contributed by atoms with Crippen molar-refractivity contribution in [1.29, 1.82) is 0 Å². The van der Waals surface area contributed by atoms with Gasteiger partial charge in [-0.05, 0) is 43.1 Å². The lowest BCUT2D eigenvalue weighted by Gasteiger charge is -2.38. The Labute approximate surface area is 273 Å². The van der Waals surface area contributed by atoms with Crippen LogP contribution in [0.2, 0.25) is 0 Å². The molecule has 3 rings (SSSR count). The van der Waals surface area contributed by atoms with Crippen molar-refractivity contribution in [2.24, 2.45) is 17.8 Å². The van der Waals surface area contributed by atoms with Gasteiger partial charge in [0.25, 0.3) is 0 Å². The highest BCUT2D eigenvalue weighted by Gasteiger charge is 2.49. The maximum Gasteiger partial charge on any atom is 0.408 e. The molecular formula is C32H44N4O11. The molecule has 1 aromatic carbocycles. The number of ether oxygens (including phenoxy) is 2. The Morgan fingerprint density at radius 3 is 2.30 bits per heavy atom. The molecule has 4 amide bonds. The van der Waals surface area contributed by atoms with Gasteiger partial charge in [0.2, 0.25) is 23.9 Å². The fourth-order valence-electron chi connectivity index (χ4n) is 5.79. The number of hydrogen-bond acceptors (Lipinski definition) is 10. The molecule has 1 saturated heterocycles. The molecule has 1 aromatic rings. The van der Waals surface area contributed by atoms with Crippen LogP contribution in [0.1, 0.15) is 71.3 Å². The number of nitrogens with one attached hydrogen (secondary N) is 3. The molecule has 0 aromatic heterocycles. The van der Waals surface area contributed by atoms with E-state index in [0.717, 1.165) is 17.0 Å². The van der Waals surface area contributed by atoms with Gasteiger partial charge in [0.15, 0.2) is 5.78 Å². The van der Waals surface area contributed by atoms with Crippen molar-refractivity contribution >= 4 is 41.5 Å². The molecule has 2 aliphatic rings. The average Bonchev–Trinajstić information content (AvgIpc) is 3.36. The summed E-state index contributed by atoms with van der Waals surface area (Å²) in [5.41, 5.74) is 0.752. The smallest absolute Gasteiger partial charge is 0.408 e. The van der Waals surface area contributed by atoms with Crippen LogP contribution in [-0.4, -0.2) is 83.2 Å². The predicted molar refractivity (Wildman–Crippen MR) is 164 cm³/mol. The normalized spacial score (nSPS) is 20.7. The Balaban J connectivity index is 1.68. The monoisotopic (exact) mass is 660 g/mol. The van der Waals surface area contributed by atoms with Crippen LogP contribution in [0, 0.1) is 17.8 Å². The number of carboxylic acid groups (broad SMARTS) is 1. The van der Waals surface area contributed by atoms with Crippen LogP contribution >= 0.6 is 0 Å². The van der Waals surface area contributed by atoms with Crippen LogP contribution in [0.25, 0.3) is 0 Å². The summed E-state index contributed by atoms with van der Waals surface area (Å²) in [6.07, 6.45) is -1.39. The fraction of sp³-hybridized carbons (Fsp3) is 0.594. The molecule has 6 atom stereocenters. The number of nitrogens with zero attached hydrogens (tertiary/aromatic N) is 1. The Morgan fingerprint density at radius 2 is 1.66 bits per heavy atom. The molecule has 1 saturated carbocycles. The number of carbonyl (C=O) groups is 7. The van der Waals surface area contributed by atoms with Crippen molar-refractivity contribution in [3.63, 3.8) is 0 Å². The predicted octanol–water partition coefficient (Wildman–Crippen LogP) is 1.83. The van der Waals surface area contributed by atoms with Crippen molar-refractivity contribution in [2.75, 3.05) is 7.11 Å². The minimum Gasteiger partial charge on any atom is -0.481 e. The molecule has 1 heterocycles. The first kappa shape index (κ1) is 36.9. The summed E-state index contributed by atoms with van der Waals surface area (Å²) in [6.45, 7) is 4.72. The molecule has 15 heteroatoms. The first-order valence-electron chi connectivity index (χ1n) is 15.7. The molecule has 0 radical (unpaired) electrons. The number of benzene rings is 1. The number of esters is 1. The minimum absolute atomic E-state index is 0.0141. The van der Waals surface area contributed by atoms with E-state index in [-0.39, 0.29) is 31.3 Å². The number of amides is 4. The highest BCUT2D eigenvalue weighted by atomic mass is 16.7. The second-order valence-electron chi connectivity index (χ2n) is 12.2. The second kappa shape index (κ2) is 17.4. The first-order chi connectivity index (χ1) is 22.3. The molecule has 15 nitrogen and oxygen atoms in total. The van der Waals surface area contributed by atoms with Gasteiger partial charge in [0.1, 0.15) is 18.7 Å². The van der Waals surface area contributed by atoms with Crippen LogP contribution in [0.5, 0.6) is 0 Å². The van der Waals surface area contributed by atoms with Gasteiger partial charge < -0.3 is 30.5 Å². The summed E-state index contributed by atoms with van der Waals surface area (Å²) < 4.78 is 10.0. The molecule has 6 unspecified atom stereocenters. The highest BCUT2D eigenvalue weighted by molar-refractivity contribution is 5.94. The number of carboxylic acids is 1. The van der Waals surface area contributed by atoms with Gasteiger partial charge in [-0.25, -0.2) is 14.7 Å².